The van der Waals surface area contributed by atoms with Gasteiger partial charge in [-0.2, -0.15) is 0 Å². The number of benzene rings is 1. The summed E-state index contributed by atoms with van der Waals surface area (Å²) in [5, 5.41) is 13.9. The normalized spacial score (nSPS) is 16.8. The van der Waals surface area contributed by atoms with Gasteiger partial charge < -0.3 is 19.9 Å². The Morgan fingerprint density at radius 2 is 2.33 bits per heavy atom. The number of carbonyl (C=O) groups excluding carboxylic acids is 1. The first-order chi connectivity index (χ1) is 11.6. The standard InChI is InChI=1S/C16H16N2O5S/c19-14(20)8-23-11-4-1-3-10(7-11)17-15(21)12-9-24-16(18-12)13-5-2-6-22-13/h1,3-4,7,9,13H,2,5-6,8H2,(H,17,21)(H,19,20). The summed E-state index contributed by atoms with van der Waals surface area (Å²) < 4.78 is 10.7. The van der Waals surface area contributed by atoms with Crippen LogP contribution in [0, 0.1) is 0 Å². The van der Waals surface area contributed by atoms with Crippen LogP contribution in [0.5, 0.6) is 5.75 Å². The molecule has 2 heterocycles. The summed E-state index contributed by atoms with van der Waals surface area (Å²) in [7, 11) is 0. The number of rotatable bonds is 6. The summed E-state index contributed by atoms with van der Waals surface area (Å²) in [4.78, 5) is 27.1. The Morgan fingerprint density at radius 1 is 1.46 bits per heavy atom. The molecule has 1 amide bonds. The molecule has 0 saturated carbocycles. The van der Waals surface area contributed by atoms with Crippen LogP contribution in [0.2, 0.25) is 0 Å². The SMILES string of the molecule is O=C(O)COc1cccc(NC(=O)c2csc(C3CCCO3)n2)c1. The van der Waals surface area contributed by atoms with Crippen molar-refractivity contribution in [2.24, 2.45) is 0 Å². The molecule has 1 aliphatic heterocycles. The fourth-order valence-electron chi connectivity index (χ4n) is 2.32. The van der Waals surface area contributed by atoms with Crippen LogP contribution >= 0.6 is 11.3 Å². The van der Waals surface area contributed by atoms with Crippen LogP contribution in [-0.4, -0.2) is 35.2 Å². The van der Waals surface area contributed by atoms with Gasteiger partial charge in [0.2, 0.25) is 0 Å². The third kappa shape index (κ3) is 4.09. The Bertz CT molecular complexity index is 740. The number of hydrogen-bond donors (Lipinski definition) is 2. The molecular weight excluding hydrogens is 332 g/mol. The number of ether oxygens (including phenoxy) is 2. The molecule has 24 heavy (non-hydrogen) atoms. The number of nitrogens with one attached hydrogen (secondary N) is 1. The lowest BCUT2D eigenvalue weighted by Gasteiger charge is -2.07. The van der Waals surface area contributed by atoms with E-state index in [1.807, 2.05) is 0 Å². The van der Waals surface area contributed by atoms with Crippen molar-refractivity contribution in [2.75, 3.05) is 18.5 Å². The minimum Gasteiger partial charge on any atom is -0.482 e. The molecular formula is C16H16N2O5S. The third-order valence-corrected chi connectivity index (χ3v) is 4.35. The predicted octanol–water partition coefficient (Wildman–Crippen LogP) is 2.71. The summed E-state index contributed by atoms with van der Waals surface area (Å²) >= 11 is 1.41. The van der Waals surface area contributed by atoms with E-state index >= 15 is 0 Å². The van der Waals surface area contributed by atoms with E-state index in [1.54, 1.807) is 29.6 Å². The Balaban J connectivity index is 1.64. The zero-order valence-corrected chi connectivity index (χ0v) is 13.5. The van der Waals surface area contributed by atoms with Gasteiger partial charge in [-0.15, -0.1) is 11.3 Å². The molecule has 0 spiro atoms. The number of nitrogens with zero attached hydrogens (tertiary/aromatic N) is 1. The van der Waals surface area contributed by atoms with Crippen molar-refractivity contribution in [3.63, 3.8) is 0 Å². The van der Waals surface area contributed by atoms with E-state index in [4.69, 9.17) is 14.6 Å². The Kier molecular flexibility index (Phi) is 5.07. The molecule has 0 bridgehead atoms. The second-order valence-corrected chi connectivity index (χ2v) is 6.13. The molecule has 2 aromatic rings. The molecule has 0 aliphatic carbocycles. The van der Waals surface area contributed by atoms with Crippen molar-refractivity contribution < 1.29 is 24.2 Å². The lowest BCUT2D eigenvalue weighted by atomic mass is 10.2. The van der Waals surface area contributed by atoms with Gasteiger partial charge in [-0.25, -0.2) is 9.78 Å². The number of hydrogen-bond acceptors (Lipinski definition) is 6. The fraction of sp³-hybridized carbons (Fsp3) is 0.312. The molecule has 3 rings (SSSR count). The highest BCUT2D eigenvalue weighted by molar-refractivity contribution is 7.09. The average molecular weight is 348 g/mol. The van der Waals surface area contributed by atoms with Crippen LogP contribution in [0.4, 0.5) is 5.69 Å². The molecule has 1 atom stereocenters. The van der Waals surface area contributed by atoms with Crippen molar-refractivity contribution in [2.45, 2.75) is 18.9 Å². The monoisotopic (exact) mass is 348 g/mol. The van der Waals surface area contributed by atoms with E-state index < -0.39 is 12.6 Å². The highest BCUT2D eigenvalue weighted by Crippen LogP contribution is 2.30. The quantitative estimate of drug-likeness (QED) is 0.833. The Labute approximate surface area is 142 Å². The largest absolute Gasteiger partial charge is 0.482 e. The number of carbonyl (C=O) groups is 2. The van der Waals surface area contributed by atoms with E-state index in [-0.39, 0.29) is 12.0 Å². The maximum Gasteiger partial charge on any atom is 0.341 e. The fourth-order valence-corrected chi connectivity index (χ4v) is 3.20. The highest BCUT2D eigenvalue weighted by Gasteiger charge is 2.22. The van der Waals surface area contributed by atoms with Gasteiger partial charge in [0.25, 0.3) is 5.91 Å². The van der Waals surface area contributed by atoms with E-state index in [2.05, 4.69) is 10.3 Å². The average Bonchev–Trinajstić information content (AvgIpc) is 3.24. The molecule has 7 nitrogen and oxygen atoms in total. The van der Waals surface area contributed by atoms with Crippen LogP contribution in [-0.2, 0) is 9.53 Å². The molecule has 1 unspecified atom stereocenters. The molecule has 2 N–H and O–H groups in total. The van der Waals surface area contributed by atoms with Crippen molar-refractivity contribution in [1.29, 1.82) is 0 Å². The number of aromatic nitrogens is 1. The molecule has 1 aromatic heterocycles. The summed E-state index contributed by atoms with van der Waals surface area (Å²) in [6.07, 6.45) is 1.93. The molecule has 0 radical (unpaired) electrons. The van der Waals surface area contributed by atoms with Gasteiger partial charge in [-0.05, 0) is 25.0 Å². The third-order valence-electron chi connectivity index (χ3n) is 3.41. The van der Waals surface area contributed by atoms with Crippen LogP contribution in [0.25, 0.3) is 0 Å². The van der Waals surface area contributed by atoms with Crippen molar-refractivity contribution in [1.82, 2.24) is 4.98 Å². The van der Waals surface area contributed by atoms with E-state index in [0.717, 1.165) is 24.5 Å². The summed E-state index contributed by atoms with van der Waals surface area (Å²) in [5.41, 5.74) is 0.844. The van der Waals surface area contributed by atoms with Crippen LogP contribution in [0.1, 0.15) is 34.4 Å². The first kappa shape index (κ1) is 16.4. The lowest BCUT2D eigenvalue weighted by molar-refractivity contribution is -0.139. The number of carboxylic acids is 1. The predicted molar refractivity (Wildman–Crippen MR) is 87.6 cm³/mol. The van der Waals surface area contributed by atoms with Crippen LogP contribution in [0.15, 0.2) is 29.6 Å². The zero-order chi connectivity index (χ0) is 16.9. The molecule has 8 heteroatoms. The van der Waals surface area contributed by atoms with E-state index in [0.29, 0.717) is 17.1 Å². The van der Waals surface area contributed by atoms with Gasteiger partial charge in [-0.1, -0.05) is 6.07 Å². The summed E-state index contributed by atoms with van der Waals surface area (Å²) in [6.45, 7) is 0.295. The van der Waals surface area contributed by atoms with E-state index in [9.17, 15) is 9.59 Å². The van der Waals surface area contributed by atoms with Gasteiger partial charge in [-0.3, -0.25) is 4.79 Å². The van der Waals surface area contributed by atoms with Gasteiger partial charge in [0.15, 0.2) is 6.61 Å². The van der Waals surface area contributed by atoms with Crippen molar-refractivity contribution >= 4 is 28.9 Å². The second-order valence-electron chi connectivity index (χ2n) is 5.24. The van der Waals surface area contributed by atoms with E-state index in [1.165, 1.54) is 11.3 Å². The number of aliphatic carboxylic acids is 1. The Hall–Kier alpha value is -2.45. The van der Waals surface area contributed by atoms with Crippen molar-refractivity contribution in [3.05, 3.63) is 40.3 Å². The maximum atomic E-state index is 12.3. The minimum atomic E-state index is -1.06. The summed E-state index contributed by atoms with van der Waals surface area (Å²) in [6, 6.07) is 6.55. The first-order valence-electron chi connectivity index (χ1n) is 7.45. The lowest BCUT2D eigenvalue weighted by Crippen LogP contribution is -2.13. The highest BCUT2D eigenvalue weighted by atomic mass is 32.1. The molecule has 1 saturated heterocycles. The maximum absolute atomic E-state index is 12.3. The first-order valence-corrected chi connectivity index (χ1v) is 8.33. The molecule has 1 aromatic carbocycles. The zero-order valence-electron chi connectivity index (χ0n) is 12.7. The van der Waals surface area contributed by atoms with Gasteiger partial charge >= 0.3 is 5.97 Å². The number of amides is 1. The topological polar surface area (TPSA) is 97.8 Å². The second kappa shape index (κ2) is 7.41. The van der Waals surface area contributed by atoms with Crippen LogP contribution < -0.4 is 10.1 Å². The number of carboxylic acid groups (broad SMARTS) is 1. The minimum absolute atomic E-state index is 0.00991. The summed E-state index contributed by atoms with van der Waals surface area (Å²) in [5.74, 6) is -1.02. The van der Waals surface area contributed by atoms with Gasteiger partial charge in [0.05, 0.1) is 0 Å². The van der Waals surface area contributed by atoms with Crippen LogP contribution in [0.3, 0.4) is 0 Å². The van der Waals surface area contributed by atoms with Gasteiger partial charge in [0.1, 0.15) is 22.6 Å². The number of anilines is 1. The van der Waals surface area contributed by atoms with Gasteiger partial charge in [0, 0.05) is 23.7 Å². The number of thiazole rings is 1. The molecule has 1 aliphatic rings. The molecule has 126 valence electrons. The smallest absolute Gasteiger partial charge is 0.341 e. The Morgan fingerprint density at radius 3 is 3.08 bits per heavy atom. The van der Waals surface area contributed by atoms with Crippen molar-refractivity contribution in [3.8, 4) is 5.75 Å². The molecule has 1 fully saturated rings.